The highest BCUT2D eigenvalue weighted by atomic mass is 16.3. The van der Waals surface area contributed by atoms with Gasteiger partial charge >= 0.3 is 0 Å². The summed E-state index contributed by atoms with van der Waals surface area (Å²) in [7, 11) is 4.11. The maximum absolute atomic E-state index is 9.96. The number of hydrogen-bond donors (Lipinski definition) is 1. The summed E-state index contributed by atoms with van der Waals surface area (Å²) in [6.07, 6.45) is 5.57. The molecule has 0 bridgehead atoms. The average Bonchev–Trinajstić information content (AvgIpc) is 2.33. The molecule has 2 nitrogen and oxygen atoms in total. The van der Waals surface area contributed by atoms with E-state index in [0.29, 0.717) is 5.92 Å². The topological polar surface area (TPSA) is 23.5 Å². The molecule has 1 aromatic carbocycles. The lowest BCUT2D eigenvalue weighted by atomic mass is 9.82. The number of aliphatic hydroxyl groups excluding tert-OH is 1. The lowest BCUT2D eigenvalue weighted by Gasteiger charge is -2.27. The second-order valence-electron chi connectivity index (χ2n) is 5.38. The van der Waals surface area contributed by atoms with E-state index in [1.54, 1.807) is 0 Å². The summed E-state index contributed by atoms with van der Waals surface area (Å²) in [6, 6.07) is 8.70. The van der Waals surface area contributed by atoms with Crippen LogP contribution < -0.4 is 4.90 Å². The third-order valence-electron chi connectivity index (χ3n) is 3.82. The lowest BCUT2D eigenvalue weighted by Crippen LogP contribution is -2.26. The van der Waals surface area contributed by atoms with Crippen LogP contribution in [-0.4, -0.2) is 25.3 Å². The van der Waals surface area contributed by atoms with E-state index in [4.69, 9.17) is 0 Å². The first-order valence-corrected chi connectivity index (χ1v) is 6.61. The molecule has 1 aliphatic carbocycles. The molecule has 1 aromatic rings. The quantitative estimate of drug-likeness (QED) is 0.867. The number of nitrogens with zero attached hydrogens (tertiary/aromatic N) is 1. The van der Waals surface area contributed by atoms with Gasteiger partial charge in [-0.25, -0.2) is 0 Å². The Balaban J connectivity index is 1.98. The van der Waals surface area contributed by atoms with Crippen LogP contribution in [0.25, 0.3) is 0 Å². The van der Waals surface area contributed by atoms with E-state index in [-0.39, 0.29) is 6.10 Å². The lowest BCUT2D eigenvalue weighted by molar-refractivity contribution is 0.0700. The Morgan fingerprint density at radius 3 is 2.35 bits per heavy atom. The SMILES string of the molecule is CN(C)c1ccc(CC2CCCCC2O)cc1. The van der Waals surface area contributed by atoms with Crippen molar-refractivity contribution in [1.29, 1.82) is 0 Å². The predicted octanol–water partition coefficient (Wildman–Crippen LogP) is 2.85. The van der Waals surface area contributed by atoms with Gasteiger partial charge in [0.25, 0.3) is 0 Å². The molecule has 0 aromatic heterocycles. The minimum Gasteiger partial charge on any atom is -0.393 e. The molecule has 1 aliphatic rings. The molecule has 2 heteroatoms. The second kappa shape index (κ2) is 5.54. The molecule has 2 unspecified atom stereocenters. The van der Waals surface area contributed by atoms with E-state index in [1.807, 2.05) is 0 Å². The van der Waals surface area contributed by atoms with E-state index < -0.39 is 0 Å². The Hall–Kier alpha value is -1.02. The smallest absolute Gasteiger partial charge is 0.0571 e. The highest BCUT2D eigenvalue weighted by Crippen LogP contribution is 2.27. The van der Waals surface area contributed by atoms with Gasteiger partial charge in [0.2, 0.25) is 0 Å². The fourth-order valence-corrected chi connectivity index (χ4v) is 2.66. The molecule has 0 spiro atoms. The molecule has 17 heavy (non-hydrogen) atoms. The van der Waals surface area contributed by atoms with Crippen LogP contribution in [0, 0.1) is 5.92 Å². The Morgan fingerprint density at radius 2 is 1.76 bits per heavy atom. The molecule has 2 rings (SSSR count). The predicted molar refractivity (Wildman–Crippen MR) is 72.4 cm³/mol. The van der Waals surface area contributed by atoms with E-state index in [1.165, 1.54) is 30.5 Å². The summed E-state index contributed by atoms with van der Waals surface area (Å²) >= 11 is 0. The van der Waals surface area contributed by atoms with Crippen molar-refractivity contribution in [3.05, 3.63) is 29.8 Å². The summed E-state index contributed by atoms with van der Waals surface area (Å²) in [5, 5.41) is 9.96. The van der Waals surface area contributed by atoms with E-state index in [9.17, 15) is 5.11 Å². The Labute approximate surface area is 104 Å². The highest BCUT2D eigenvalue weighted by Gasteiger charge is 2.22. The molecule has 0 saturated heterocycles. The van der Waals surface area contributed by atoms with Gasteiger partial charge in [-0.15, -0.1) is 0 Å². The van der Waals surface area contributed by atoms with Crippen molar-refractivity contribution in [1.82, 2.24) is 0 Å². The van der Waals surface area contributed by atoms with E-state index in [0.717, 1.165) is 12.8 Å². The molecular formula is C15H23NO. The highest BCUT2D eigenvalue weighted by molar-refractivity contribution is 5.46. The molecular weight excluding hydrogens is 210 g/mol. The zero-order chi connectivity index (χ0) is 12.3. The Morgan fingerprint density at radius 1 is 1.12 bits per heavy atom. The van der Waals surface area contributed by atoms with Crippen LogP contribution in [0.15, 0.2) is 24.3 Å². The molecule has 0 aliphatic heterocycles. The summed E-state index contributed by atoms with van der Waals surface area (Å²) < 4.78 is 0. The second-order valence-corrected chi connectivity index (χ2v) is 5.38. The van der Waals surface area contributed by atoms with Gasteiger partial charge in [-0.2, -0.15) is 0 Å². The zero-order valence-electron chi connectivity index (χ0n) is 10.9. The van der Waals surface area contributed by atoms with Crippen LogP contribution in [0.4, 0.5) is 5.69 Å². The summed E-state index contributed by atoms with van der Waals surface area (Å²) in [5.41, 5.74) is 2.58. The van der Waals surface area contributed by atoms with Gasteiger partial charge in [0.1, 0.15) is 0 Å². The molecule has 0 heterocycles. The largest absolute Gasteiger partial charge is 0.393 e. The maximum atomic E-state index is 9.96. The fourth-order valence-electron chi connectivity index (χ4n) is 2.66. The zero-order valence-corrected chi connectivity index (χ0v) is 10.9. The molecule has 0 amide bonds. The first-order valence-electron chi connectivity index (χ1n) is 6.61. The van der Waals surface area contributed by atoms with Crippen molar-refractivity contribution < 1.29 is 5.11 Å². The molecule has 0 radical (unpaired) electrons. The number of aliphatic hydroxyl groups is 1. The fraction of sp³-hybridized carbons (Fsp3) is 0.600. The van der Waals surface area contributed by atoms with Gasteiger partial charge in [-0.3, -0.25) is 0 Å². The van der Waals surface area contributed by atoms with Crippen LogP contribution in [0.1, 0.15) is 31.2 Å². The normalized spacial score (nSPS) is 24.6. The van der Waals surface area contributed by atoms with Crippen molar-refractivity contribution in [2.24, 2.45) is 5.92 Å². The summed E-state index contributed by atoms with van der Waals surface area (Å²) in [4.78, 5) is 2.11. The van der Waals surface area contributed by atoms with E-state index in [2.05, 4.69) is 43.3 Å². The first kappa shape index (κ1) is 12.4. The van der Waals surface area contributed by atoms with Gasteiger partial charge in [0.15, 0.2) is 0 Å². The van der Waals surface area contributed by atoms with Crippen molar-refractivity contribution in [3.8, 4) is 0 Å². The summed E-state index contributed by atoms with van der Waals surface area (Å²) in [6.45, 7) is 0. The molecule has 2 atom stereocenters. The minimum atomic E-state index is -0.0859. The van der Waals surface area contributed by atoms with Crippen molar-refractivity contribution >= 4 is 5.69 Å². The first-order chi connectivity index (χ1) is 8.16. The van der Waals surface area contributed by atoms with Gasteiger partial charge in [-0.1, -0.05) is 25.0 Å². The number of benzene rings is 1. The standard InChI is InChI=1S/C15H23NO/c1-16(2)14-9-7-12(8-10-14)11-13-5-3-4-6-15(13)17/h7-10,13,15,17H,3-6,11H2,1-2H3. The maximum Gasteiger partial charge on any atom is 0.0571 e. The van der Waals surface area contributed by atoms with Gasteiger partial charge in [-0.05, 0) is 42.9 Å². The van der Waals surface area contributed by atoms with Crippen LogP contribution in [-0.2, 0) is 6.42 Å². The van der Waals surface area contributed by atoms with Crippen LogP contribution in [0.5, 0.6) is 0 Å². The van der Waals surface area contributed by atoms with Crippen LogP contribution >= 0.6 is 0 Å². The minimum absolute atomic E-state index is 0.0859. The van der Waals surface area contributed by atoms with Gasteiger partial charge < -0.3 is 10.0 Å². The van der Waals surface area contributed by atoms with Crippen molar-refractivity contribution in [3.63, 3.8) is 0 Å². The van der Waals surface area contributed by atoms with E-state index >= 15 is 0 Å². The molecule has 1 saturated carbocycles. The van der Waals surface area contributed by atoms with Gasteiger partial charge in [0.05, 0.1) is 6.10 Å². The van der Waals surface area contributed by atoms with Crippen molar-refractivity contribution in [2.45, 2.75) is 38.2 Å². The molecule has 1 N–H and O–H groups in total. The average molecular weight is 233 g/mol. The Kier molecular flexibility index (Phi) is 4.06. The molecule has 1 fully saturated rings. The molecule has 94 valence electrons. The number of anilines is 1. The Bertz CT molecular complexity index is 344. The number of hydrogen-bond acceptors (Lipinski definition) is 2. The van der Waals surface area contributed by atoms with Crippen LogP contribution in [0.2, 0.25) is 0 Å². The number of rotatable bonds is 3. The monoisotopic (exact) mass is 233 g/mol. The van der Waals surface area contributed by atoms with Crippen molar-refractivity contribution in [2.75, 3.05) is 19.0 Å². The van der Waals surface area contributed by atoms with Crippen LogP contribution in [0.3, 0.4) is 0 Å². The third-order valence-corrected chi connectivity index (χ3v) is 3.82. The van der Waals surface area contributed by atoms with Gasteiger partial charge in [0, 0.05) is 19.8 Å². The third kappa shape index (κ3) is 3.22. The summed E-state index contributed by atoms with van der Waals surface area (Å²) in [5.74, 6) is 0.467.